The smallest absolute Gasteiger partial charge is 0.322 e. The number of carbonyl (C=O) groups is 4. The van der Waals surface area contributed by atoms with Crippen LogP contribution in [0.15, 0.2) is 18.2 Å². The second-order valence-corrected chi connectivity index (χ2v) is 6.74. The lowest BCUT2D eigenvalue weighted by atomic mass is 10.0. The second-order valence-electron chi connectivity index (χ2n) is 6.74. The number of anilines is 1. The number of carboxylic acid groups (broad SMARTS) is 1. The van der Waals surface area contributed by atoms with Crippen molar-refractivity contribution in [1.29, 1.82) is 0 Å². The molecule has 146 valence electrons. The molecule has 0 radical (unpaired) electrons. The van der Waals surface area contributed by atoms with Crippen molar-refractivity contribution in [3.8, 4) is 5.75 Å². The summed E-state index contributed by atoms with van der Waals surface area (Å²) in [6.07, 6.45) is -0.0125. The minimum atomic E-state index is -1.17. The lowest BCUT2D eigenvalue weighted by Gasteiger charge is -2.38. The highest BCUT2D eigenvalue weighted by Gasteiger charge is 2.40. The molecule has 0 fully saturated rings. The van der Waals surface area contributed by atoms with Crippen molar-refractivity contribution in [3.05, 3.63) is 23.8 Å². The molecule has 3 amide bonds. The van der Waals surface area contributed by atoms with Crippen molar-refractivity contribution in [1.82, 2.24) is 10.6 Å². The van der Waals surface area contributed by atoms with Gasteiger partial charge in [-0.25, -0.2) is 0 Å². The maximum atomic E-state index is 12.7. The van der Waals surface area contributed by atoms with Gasteiger partial charge in [-0.3, -0.25) is 19.2 Å². The van der Waals surface area contributed by atoms with Gasteiger partial charge in [0.05, 0.1) is 12.2 Å². The molecule has 0 saturated carbocycles. The Hall–Kier alpha value is -3.10. The number of fused-ring (bicyclic) bond motifs is 1. The van der Waals surface area contributed by atoms with Crippen LogP contribution in [-0.4, -0.2) is 54.0 Å². The Bertz CT molecular complexity index is 774. The molecule has 0 aliphatic carbocycles. The van der Waals surface area contributed by atoms with Gasteiger partial charge >= 0.3 is 5.97 Å². The number of benzene rings is 1. The van der Waals surface area contributed by atoms with Crippen LogP contribution < -0.4 is 20.3 Å². The van der Waals surface area contributed by atoms with Gasteiger partial charge in [-0.1, -0.05) is 6.07 Å². The molecule has 0 aromatic heterocycles. The topological polar surface area (TPSA) is 125 Å². The summed E-state index contributed by atoms with van der Waals surface area (Å²) in [6, 6.07) is 5.49. The van der Waals surface area contributed by atoms with Crippen molar-refractivity contribution in [2.24, 2.45) is 0 Å². The number of ether oxygens (including phenoxy) is 1. The summed E-state index contributed by atoms with van der Waals surface area (Å²) >= 11 is 0. The Labute approximate surface area is 156 Å². The van der Waals surface area contributed by atoms with E-state index < -0.39 is 29.9 Å². The van der Waals surface area contributed by atoms with E-state index in [0.29, 0.717) is 11.4 Å². The fourth-order valence-electron chi connectivity index (χ4n) is 2.62. The van der Waals surface area contributed by atoms with Gasteiger partial charge in [0.1, 0.15) is 12.3 Å². The molecule has 3 N–H and O–H groups in total. The van der Waals surface area contributed by atoms with E-state index in [-0.39, 0.29) is 25.4 Å². The number of carboxylic acids is 1. The molecule has 0 bridgehead atoms. The maximum Gasteiger partial charge on any atom is 0.322 e. The molecule has 1 heterocycles. The first-order valence-corrected chi connectivity index (χ1v) is 8.47. The molecule has 27 heavy (non-hydrogen) atoms. The van der Waals surface area contributed by atoms with Gasteiger partial charge in [-0.2, -0.15) is 0 Å². The number of aliphatic carboxylic acids is 1. The Morgan fingerprint density at radius 1 is 1.15 bits per heavy atom. The first-order valence-electron chi connectivity index (χ1n) is 8.47. The zero-order valence-electron chi connectivity index (χ0n) is 15.5. The van der Waals surface area contributed by atoms with E-state index in [1.54, 1.807) is 19.9 Å². The summed E-state index contributed by atoms with van der Waals surface area (Å²) in [6.45, 7) is 4.51. The Morgan fingerprint density at radius 3 is 2.48 bits per heavy atom. The third kappa shape index (κ3) is 5.19. The summed E-state index contributed by atoms with van der Waals surface area (Å²) in [7, 11) is 0. The highest BCUT2D eigenvalue weighted by Crippen LogP contribution is 2.38. The van der Waals surface area contributed by atoms with E-state index in [9.17, 15) is 19.2 Å². The molecule has 0 unspecified atom stereocenters. The fourth-order valence-corrected chi connectivity index (χ4v) is 2.62. The Balaban J connectivity index is 1.97. The normalized spacial score (nSPS) is 14.8. The van der Waals surface area contributed by atoms with Crippen LogP contribution in [0.4, 0.5) is 5.69 Å². The maximum absolute atomic E-state index is 12.7. The van der Waals surface area contributed by atoms with Gasteiger partial charge in [-0.05, 0) is 38.5 Å². The highest BCUT2D eigenvalue weighted by atomic mass is 16.5. The predicted octanol–water partition coefficient (Wildman–Crippen LogP) is 0.206. The van der Waals surface area contributed by atoms with Crippen molar-refractivity contribution in [3.63, 3.8) is 0 Å². The van der Waals surface area contributed by atoms with Crippen LogP contribution in [0, 0.1) is 6.92 Å². The first-order chi connectivity index (χ1) is 12.6. The third-order valence-corrected chi connectivity index (χ3v) is 3.98. The molecular weight excluding hydrogens is 354 g/mol. The number of nitrogens with zero attached hydrogens (tertiary/aromatic N) is 1. The van der Waals surface area contributed by atoms with Gasteiger partial charge in [0.15, 0.2) is 5.60 Å². The number of hydrogen-bond acceptors (Lipinski definition) is 5. The van der Waals surface area contributed by atoms with Crippen molar-refractivity contribution >= 4 is 29.4 Å². The van der Waals surface area contributed by atoms with Crippen LogP contribution in [0.3, 0.4) is 0 Å². The lowest BCUT2D eigenvalue weighted by Crippen LogP contribution is -2.53. The Kier molecular flexibility index (Phi) is 6.04. The monoisotopic (exact) mass is 377 g/mol. The molecule has 9 heteroatoms. The average molecular weight is 377 g/mol. The van der Waals surface area contributed by atoms with E-state index >= 15 is 0 Å². The SMILES string of the molecule is Cc1ccc2c(c1)N(CCC(=O)NCC(=O)NCC(=O)O)C(=O)C(C)(C)O2. The molecule has 0 atom stereocenters. The molecule has 1 aliphatic rings. The third-order valence-electron chi connectivity index (χ3n) is 3.98. The van der Waals surface area contributed by atoms with Crippen LogP contribution in [0.2, 0.25) is 0 Å². The van der Waals surface area contributed by atoms with E-state index in [1.165, 1.54) is 4.90 Å². The van der Waals surface area contributed by atoms with Crippen molar-refractivity contribution < 1.29 is 29.0 Å². The predicted molar refractivity (Wildman–Crippen MR) is 96.5 cm³/mol. The summed E-state index contributed by atoms with van der Waals surface area (Å²) in [5.74, 6) is -1.88. The number of amides is 3. The minimum absolute atomic E-state index is 0.0125. The largest absolute Gasteiger partial charge is 0.480 e. The standard InChI is InChI=1S/C18H23N3O6/c1-11-4-5-13-12(8-11)21(17(26)18(2,3)27-13)7-6-14(22)19-9-15(23)20-10-16(24)25/h4-5,8H,6-7,9-10H2,1-3H3,(H,19,22)(H,20,23)(H,24,25). The van der Waals surface area contributed by atoms with Gasteiger partial charge in [0, 0.05) is 13.0 Å². The van der Waals surface area contributed by atoms with Crippen LogP contribution >= 0.6 is 0 Å². The number of rotatable bonds is 7. The van der Waals surface area contributed by atoms with Gasteiger partial charge in [-0.15, -0.1) is 0 Å². The van der Waals surface area contributed by atoms with Crippen LogP contribution in [0.25, 0.3) is 0 Å². The molecule has 1 aromatic carbocycles. The average Bonchev–Trinajstić information content (AvgIpc) is 2.59. The molecule has 1 aliphatic heterocycles. The second kappa shape index (κ2) is 8.07. The highest BCUT2D eigenvalue weighted by molar-refractivity contribution is 6.02. The van der Waals surface area contributed by atoms with Gasteiger partial charge < -0.3 is 25.4 Å². The summed E-state index contributed by atoms with van der Waals surface area (Å²) in [4.78, 5) is 48.0. The molecule has 9 nitrogen and oxygen atoms in total. The quantitative estimate of drug-likeness (QED) is 0.624. The number of carbonyl (C=O) groups excluding carboxylic acids is 3. The van der Waals surface area contributed by atoms with Gasteiger partial charge in [0.2, 0.25) is 11.8 Å². The molecule has 0 saturated heterocycles. The minimum Gasteiger partial charge on any atom is -0.480 e. The van der Waals surface area contributed by atoms with E-state index in [2.05, 4.69) is 10.6 Å². The lowest BCUT2D eigenvalue weighted by molar-refractivity contribution is -0.137. The zero-order chi connectivity index (χ0) is 20.2. The van der Waals surface area contributed by atoms with Crippen molar-refractivity contribution in [2.45, 2.75) is 32.8 Å². The molecule has 0 spiro atoms. The molecule has 1 aromatic rings. The van der Waals surface area contributed by atoms with E-state index in [1.807, 2.05) is 19.1 Å². The summed E-state index contributed by atoms with van der Waals surface area (Å²) in [5, 5.41) is 13.0. The number of nitrogens with one attached hydrogen (secondary N) is 2. The first kappa shape index (κ1) is 20.2. The van der Waals surface area contributed by atoms with E-state index in [0.717, 1.165) is 5.56 Å². The summed E-state index contributed by atoms with van der Waals surface area (Å²) < 4.78 is 5.76. The van der Waals surface area contributed by atoms with E-state index in [4.69, 9.17) is 9.84 Å². The summed E-state index contributed by atoms with van der Waals surface area (Å²) in [5.41, 5.74) is 0.510. The zero-order valence-corrected chi connectivity index (χ0v) is 15.5. The van der Waals surface area contributed by atoms with Crippen LogP contribution in [0.5, 0.6) is 5.75 Å². The van der Waals surface area contributed by atoms with Crippen molar-refractivity contribution in [2.75, 3.05) is 24.5 Å². The molecular formula is C18H23N3O6. The number of hydrogen-bond donors (Lipinski definition) is 3. The fraction of sp³-hybridized carbons (Fsp3) is 0.444. The van der Waals surface area contributed by atoms with Crippen LogP contribution in [-0.2, 0) is 19.2 Å². The Morgan fingerprint density at radius 2 is 1.81 bits per heavy atom. The molecule has 2 rings (SSSR count). The number of aryl methyl sites for hydroxylation is 1. The van der Waals surface area contributed by atoms with Crippen LogP contribution in [0.1, 0.15) is 25.8 Å². The van der Waals surface area contributed by atoms with Gasteiger partial charge in [0.25, 0.3) is 5.91 Å².